The molecule has 29 heavy (non-hydrogen) atoms. The molecule has 152 valence electrons. The molecule has 0 spiro atoms. The lowest BCUT2D eigenvalue weighted by Crippen LogP contribution is -2.18. The van der Waals surface area contributed by atoms with Crippen molar-refractivity contribution in [2.24, 2.45) is 0 Å². The van der Waals surface area contributed by atoms with Crippen LogP contribution in [0, 0.1) is 13.8 Å². The van der Waals surface area contributed by atoms with Crippen LogP contribution in [-0.2, 0) is 27.2 Å². The molecule has 0 aliphatic carbocycles. The van der Waals surface area contributed by atoms with Gasteiger partial charge in [-0.15, -0.1) is 0 Å². The van der Waals surface area contributed by atoms with Gasteiger partial charge in [0.2, 0.25) is 5.78 Å². The second kappa shape index (κ2) is 8.21. The predicted octanol–water partition coefficient (Wildman–Crippen LogP) is 3.39. The molecular formula is C22H24N2O5. The highest BCUT2D eigenvalue weighted by molar-refractivity contribution is 5.99. The lowest BCUT2D eigenvalue weighted by atomic mass is 10.1. The summed E-state index contributed by atoms with van der Waals surface area (Å²) < 4.78 is 18.2. The second-order valence-electron chi connectivity index (χ2n) is 7.42. The summed E-state index contributed by atoms with van der Waals surface area (Å²) in [5, 5.41) is 4.69. The van der Waals surface area contributed by atoms with Gasteiger partial charge in [-0.3, -0.25) is 9.59 Å². The van der Waals surface area contributed by atoms with Crippen molar-refractivity contribution >= 4 is 22.7 Å². The molecule has 0 saturated carbocycles. The van der Waals surface area contributed by atoms with Crippen molar-refractivity contribution in [2.75, 3.05) is 13.2 Å². The predicted molar refractivity (Wildman–Crippen MR) is 106 cm³/mol. The van der Waals surface area contributed by atoms with Crippen molar-refractivity contribution in [3.8, 4) is 0 Å². The summed E-state index contributed by atoms with van der Waals surface area (Å²) >= 11 is 0. The van der Waals surface area contributed by atoms with E-state index in [-0.39, 0.29) is 24.9 Å². The number of benzene rings is 1. The first-order valence-electron chi connectivity index (χ1n) is 9.83. The van der Waals surface area contributed by atoms with Crippen molar-refractivity contribution in [1.29, 1.82) is 0 Å². The average Bonchev–Trinajstić information content (AvgIpc) is 3.43. The summed E-state index contributed by atoms with van der Waals surface area (Å²) in [4.78, 5) is 24.8. The molecule has 1 aromatic carbocycles. The Morgan fingerprint density at radius 1 is 1.28 bits per heavy atom. The highest BCUT2D eigenvalue weighted by atomic mass is 16.5. The number of hydrogen-bond acceptors (Lipinski definition) is 6. The maximum absolute atomic E-state index is 12.6. The van der Waals surface area contributed by atoms with Crippen molar-refractivity contribution in [3.63, 3.8) is 0 Å². The first-order valence-corrected chi connectivity index (χ1v) is 9.83. The summed E-state index contributed by atoms with van der Waals surface area (Å²) in [6, 6.07) is 9.16. The Hall–Kier alpha value is -2.93. The molecule has 3 aromatic rings. The number of rotatable bonds is 7. The molecule has 0 radical (unpaired) electrons. The molecular weight excluding hydrogens is 372 g/mol. The van der Waals surface area contributed by atoms with Gasteiger partial charge in [0.05, 0.1) is 12.5 Å². The highest BCUT2D eigenvalue weighted by Crippen LogP contribution is 2.21. The molecule has 1 aliphatic heterocycles. The fraction of sp³-hybridized carbons (Fsp3) is 0.409. The Labute approximate surface area is 168 Å². The maximum atomic E-state index is 12.6. The van der Waals surface area contributed by atoms with E-state index in [0.717, 1.165) is 42.8 Å². The van der Waals surface area contributed by atoms with Crippen LogP contribution < -0.4 is 0 Å². The van der Waals surface area contributed by atoms with Crippen molar-refractivity contribution < 1.29 is 23.6 Å². The van der Waals surface area contributed by atoms with Crippen molar-refractivity contribution in [2.45, 2.75) is 45.8 Å². The van der Waals surface area contributed by atoms with Gasteiger partial charge >= 0.3 is 5.97 Å². The number of fused-ring (bicyclic) bond motifs is 1. The fourth-order valence-corrected chi connectivity index (χ4v) is 3.83. The van der Waals surface area contributed by atoms with Crippen molar-refractivity contribution in [1.82, 2.24) is 9.72 Å². The molecule has 4 rings (SSSR count). The molecule has 0 amide bonds. The van der Waals surface area contributed by atoms with Gasteiger partial charge in [0, 0.05) is 35.5 Å². The number of hydrogen-bond donors (Lipinski definition) is 0. The number of para-hydroxylation sites is 1. The van der Waals surface area contributed by atoms with Gasteiger partial charge in [0.1, 0.15) is 5.69 Å². The zero-order chi connectivity index (χ0) is 20.4. The van der Waals surface area contributed by atoms with Crippen LogP contribution in [0.25, 0.3) is 11.0 Å². The van der Waals surface area contributed by atoms with Gasteiger partial charge < -0.3 is 18.6 Å². The van der Waals surface area contributed by atoms with E-state index in [2.05, 4.69) is 9.72 Å². The third-order valence-electron chi connectivity index (χ3n) is 5.41. The Morgan fingerprint density at radius 3 is 2.90 bits per heavy atom. The van der Waals surface area contributed by atoms with E-state index in [1.807, 2.05) is 38.1 Å². The lowest BCUT2D eigenvalue weighted by molar-refractivity contribution is -0.141. The average molecular weight is 396 g/mol. The van der Waals surface area contributed by atoms with Crippen LogP contribution in [-0.4, -0.2) is 40.8 Å². The Morgan fingerprint density at radius 2 is 2.10 bits per heavy atom. The summed E-state index contributed by atoms with van der Waals surface area (Å²) in [6.07, 6.45) is 2.27. The minimum absolute atomic E-state index is 0.0394. The summed E-state index contributed by atoms with van der Waals surface area (Å²) in [6.45, 7) is 5.13. The molecule has 3 heterocycles. The topological polar surface area (TPSA) is 83.6 Å². The molecule has 7 heteroatoms. The van der Waals surface area contributed by atoms with Crippen LogP contribution in [0.5, 0.6) is 0 Å². The lowest BCUT2D eigenvalue weighted by Gasteiger charge is -2.14. The smallest absolute Gasteiger partial charge is 0.312 e. The molecule has 1 saturated heterocycles. The summed E-state index contributed by atoms with van der Waals surface area (Å²) in [5.74, 6) is -0.722. The largest absolute Gasteiger partial charge is 0.457 e. The Kier molecular flexibility index (Phi) is 5.49. The number of aryl methyl sites for hydroxylation is 1. The third kappa shape index (κ3) is 4.10. The van der Waals surface area contributed by atoms with E-state index in [4.69, 9.17) is 14.0 Å². The molecule has 0 bridgehead atoms. The quantitative estimate of drug-likeness (QED) is 0.450. The third-order valence-corrected chi connectivity index (χ3v) is 5.41. The number of nitrogens with zero attached hydrogens (tertiary/aromatic N) is 2. The minimum atomic E-state index is -0.509. The van der Waals surface area contributed by atoms with Crippen LogP contribution in [0.3, 0.4) is 0 Å². The highest BCUT2D eigenvalue weighted by Gasteiger charge is 2.22. The first-order chi connectivity index (χ1) is 14.0. The van der Waals surface area contributed by atoms with Gasteiger partial charge in [-0.2, -0.15) is 0 Å². The van der Waals surface area contributed by atoms with E-state index in [1.54, 1.807) is 6.07 Å². The number of ketones is 1. The minimum Gasteiger partial charge on any atom is -0.457 e. The molecule has 7 nitrogen and oxygen atoms in total. The second-order valence-corrected chi connectivity index (χ2v) is 7.42. The van der Waals surface area contributed by atoms with E-state index in [1.165, 1.54) is 0 Å². The van der Waals surface area contributed by atoms with Crippen LogP contribution in [0.2, 0.25) is 0 Å². The number of carbonyl (C=O) groups is 2. The van der Waals surface area contributed by atoms with Gasteiger partial charge in [0.15, 0.2) is 12.2 Å². The zero-order valence-corrected chi connectivity index (χ0v) is 16.6. The summed E-state index contributed by atoms with van der Waals surface area (Å²) in [7, 11) is 0. The van der Waals surface area contributed by atoms with E-state index < -0.39 is 5.97 Å². The normalized spacial score (nSPS) is 16.4. The molecule has 1 aliphatic rings. The number of ether oxygens (including phenoxy) is 2. The summed E-state index contributed by atoms with van der Waals surface area (Å²) in [5.41, 5.74) is 3.58. The molecule has 1 atom stereocenters. The fourth-order valence-electron chi connectivity index (χ4n) is 3.83. The SMILES string of the molecule is Cc1cc(C(=O)COC(=O)Cc2noc3ccccc23)c(C)n1C[C@H]1CCCO1. The van der Waals surface area contributed by atoms with Crippen molar-refractivity contribution in [3.05, 3.63) is 53.0 Å². The number of carbonyl (C=O) groups excluding carboxylic acids is 2. The zero-order valence-electron chi connectivity index (χ0n) is 16.6. The standard InChI is InChI=1S/C22H24N2O5/c1-14-10-18(15(2)24(14)12-16-6-5-9-27-16)20(25)13-28-22(26)11-19-17-7-3-4-8-21(17)29-23-19/h3-4,7-8,10,16H,5-6,9,11-13H2,1-2H3/t16-/m1/s1. The van der Waals surface area contributed by atoms with Crippen LogP contribution >= 0.6 is 0 Å². The van der Waals surface area contributed by atoms with Gasteiger partial charge in [-0.1, -0.05) is 17.3 Å². The van der Waals surface area contributed by atoms with Gasteiger partial charge in [-0.05, 0) is 44.9 Å². The monoisotopic (exact) mass is 396 g/mol. The Balaban J connectivity index is 1.37. The van der Waals surface area contributed by atoms with Gasteiger partial charge in [0.25, 0.3) is 0 Å². The molecule has 0 N–H and O–H groups in total. The molecule has 2 aromatic heterocycles. The first kappa shape index (κ1) is 19.4. The van der Waals surface area contributed by atoms with E-state index >= 15 is 0 Å². The number of Topliss-reactive ketones (excluding diaryl/α,β-unsaturated/α-hetero) is 1. The Bertz CT molecular complexity index is 1040. The van der Waals surface area contributed by atoms with E-state index in [9.17, 15) is 9.59 Å². The number of aromatic nitrogens is 2. The molecule has 1 fully saturated rings. The van der Waals surface area contributed by atoms with Crippen LogP contribution in [0.1, 0.15) is 40.3 Å². The maximum Gasteiger partial charge on any atom is 0.312 e. The van der Waals surface area contributed by atoms with Crippen LogP contribution in [0.15, 0.2) is 34.9 Å². The van der Waals surface area contributed by atoms with E-state index in [0.29, 0.717) is 16.8 Å². The van der Waals surface area contributed by atoms with Gasteiger partial charge in [-0.25, -0.2) is 0 Å². The number of esters is 1. The molecule has 0 unspecified atom stereocenters. The van der Waals surface area contributed by atoms with Crippen LogP contribution in [0.4, 0.5) is 0 Å².